The molecule has 0 N–H and O–H groups in total. The van der Waals surface area contributed by atoms with Gasteiger partial charge in [0, 0.05) is 12.2 Å². The van der Waals surface area contributed by atoms with Crippen LogP contribution in [0.25, 0.3) is 22.3 Å². The number of carbonyl (C=O) groups is 2. The normalized spacial score (nSPS) is 18.8. The van der Waals surface area contributed by atoms with E-state index in [0.29, 0.717) is 11.1 Å². The van der Waals surface area contributed by atoms with Gasteiger partial charge >= 0.3 is 0 Å². The van der Waals surface area contributed by atoms with E-state index in [9.17, 15) is 9.59 Å². The van der Waals surface area contributed by atoms with Crippen LogP contribution in [-0.4, -0.2) is 43.1 Å². The number of aromatic nitrogens is 4. The predicted molar refractivity (Wildman–Crippen MR) is 130 cm³/mol. The number of benzene rings is 2. The molecule has 0 saturated carbocycles. The molecule has 2 aromatic carbocycles. The Bertz CT molecular complexity index is 1440. The van der Waals surface area contributed by atoms with Crippen LogP contribution >= 0.6 is 0 Å². The molecule has 1 fully saturated rings. The average Bonchev–Trinajstić information content (AvgIpc) is 3.43. The van der Waals surface area contributed by atoms with Crippen LogP contribution in [0.15, 0.2) is 55.0 Å². The van der Waals surface area contributed by atoms with Crippen molar-refractivity contribution in [2.75, 3.05) is 6.61 Å². The van der Waals surface area contributed by atoms with E-state index in [4.69, 9.17) is 4.74 Å². The molecule has 0 spiro atoms. The van der Waals surface area contributed by atoms with Gasteiger partial charge in [0.2, 0.25) is 0 Å². The van der Waals surface area contributed by atoms with Gasteiger partial charge in [0.1, 0.15) is 6.33 Å². The second-order valence-electron chi connectivity index (χ2n) is 9.14. The molecular formula is C27H25N5O3. The first kappa shape index (κ1) is 21.6. The summed E-state index contributed by atoms with van der Waals surface area (Å²) in [6.45, 7) is 4.61. The van der Waals surface area contributed by atoms with Crippen molar-refractivity contribution < 1.29 is 14.3 Å². The predicted octanol–water partition coefficient (Wildman–Crippen LogP) is 4.86. The van der Waals surface area contributed by atoms with Gasteiger partial charge in [0.05, 0.1) is 34.4 Å². The number of amides is 2. The molecule has 4 aromatic rings. The maximum Gasteiger partial charge on any atom is 0.262 e. The van der Waals surface area contributed by atoms with Gasteiger partial charge in [-0.05, 0) is 62.4 Å². The molecule has 2 atom stereocenters. The lowest BCUT2D eigenvalue weighted by molar-refractivity contribution is -0.0370. The van der Waals surface area contributed by atoms with Gasteiger partial charge < -0.3 is 4.74 Å². The van der Waals surface area contributed by atoms with E-state index in [1.54, 1.807) is 36.8 Å². The summed E-state index contributed by atoms with van der Waals surface area (Å²) >= 11 is 0. The summed E-state index contributed by atoms with van der Waals surface area (Å²) in [5, 5.41) is 5.43. The van der Waals surface area contributed by atoms with Crippen LogP contribution < -0.4 is 0 Å². The fourth-order valence-corrected chi connectivity index (χ4v) is 5.21. The summed E-state index contributed by atoms with van der Waals surface area (Å²) in [6, 6.07) is 12.6. The monoisotopic (exact) mass is 467 g/mol. The number of ether oxygens (including phenoxy) is 1. The SMILES string of the molecule is Cc1cc(-c2ncnc3c2cnn3C2CCCCO2)ccc1C(C)N1C(=O)c2ccccc2C1=O. The molecule has 2 amide bonds. The molecule has 2 aliphatic rings. The number of hydrogen-bond donors (Lipinski definition) is 0. The van der Waals surface area contributed by atoms with Gasteiger partial charge in [0.15, 0.2) is 11.9 Å². The first-order chi connectivity index (χ1) is 17.0. The smallest absolute Gasteiger partial charge is 0.262 e. The number of fused-ring (bicyclic) bond motifs is 2. The van der Waals surface area contributed by atoms with Crippen molar-refractivity contribution in [2.24, 2.45) is 0 Å². The zero-order valence-electron chi connectivity index (χ0n) is 19.6. The van der Waals surface area contributed by atoms with Crippen LogP contribution in [0.5, 0.6) is 0 Å². The minimum absolute atomic E-state index is 0.103. The van der Waals surface area contributed by atoms with Crippen LogP contribution in [0.3, 0.4) is 0 Å². The molecule has 0 radical (unpaired) electrons. The topological polar surface area (TPSA) is 90.2 Å². The first-order valence-corrected chi connectivity index (χ1v) is 11.9. The number of hydrogen-bond acceptors (Lipinski definition) is 6. The van der Waals surface area contributed by atoms with Crippen LogP contribution in [0.2, 0.25) is 0 Å². The third-order valence-electron chi connectivity index (χ3n) is 7.03. The number of rotatable bonds is 4. The molecule has 8 heteroatoms. The van der Waals surface area contributed by atoms with E-state index in [1.165, 1.54) is 4.90 Å². The van der Waals surface area contributed by atoms with Gasteiger partial charge in [-0.3, -0.25) is 14.5 Å². The summed E-state index contributed by atoms with van der Waals surface area (Å²) in [6.07, 6.45) is 6.35. The number of imide groups is 1. The molecule has 2 unspecified atom stereocenters. The highest BCUT2D eigenvalue weighted by Gasteiger charge is 2.39. The van der Waals surface area contributed by atoms with E-state index in [2.05, 4.69) is 15.1 Å². The Morgan fingerprint density at radius 1 is 1.03 bits per heavy atom. The minimum Gasteiger partial charge on any atom is -0.356 e. The van der Waals surface area contributed by atoms with Crippen molar-refractivity contribution in [3.8, 4) is 11.3 Å². The second kappa shape index (κ2) is 8.39. The lowest BCUT2D eigenvalue weighted by atomic mass is 9.97. The van der Waals surface area contributed by atoms with Gasteiger partial charge in [0.25, 0.3) is 11.8 Å². The molecule has 0 aliphatic carbocycles. The molecular weight excluding hydrogens is 442 g/mol. The van der Waals surface area contributed by atoms with Crippen molar-refractivity contribution in [3.63, 3.8) is 0 Å². The van der Waals surface area contributed by atoms with E-state index in [0.717, 1.165) is 59.3 Å². The van der Waals surface area contributed by atoms with Crippen LogP contribution in [0.4, 0.5) is 0 Å². The third kappa shape index (κ3) is 3.44. The molecule has 176 valence electrons. The number of carbonyl (C=O) groups excluding carboxylic acids is 2. The molecule has 8 nitrogen and oxygen atoms in total. The number of nitrogens with zero attached hydrogens (tertiary/aromatic N) is 5. The Hall–Kier alpha value is -3.91. The van der Waals surface area contributed by atoms with Crippen molar-refractivity contribution in [2.45, 2.75) is 45.4 Å². The summed E-state index contributed by atoms with van der Waals surface area (Å²) in [4.78, 5) is 36.3. The van der Waals surface area contributed by atoms with Crippen molar-refractivity contribution in [1.82, 2.24) is 24.6 Å². The van der Waals surface area contributed by atoms with Gasteiger partial charge in [-0.1, -0.05) is 24.3 Å². The standard InChI is InChI=1S/C27H25N5O3/c1-16-13-18(24-22-14-30-32(25(22)29-15-28-24)23-9-5-6-12-35-23)10-11-19(16)17(2)31-26(33)20-7-3-4-8-21(20)27(31)34/h3-4,7-8,10-11,13-15,17,23H,5-6,9,12H2,1-2H3. The van der Waals surface area contributed by atoms with Crippen molar-refractivity contribution in [3.05, 3.63) is 77.2 Å². The molecule has 2 aliphatic heterocycles. The van der Waals surface area contributed by atoms with Crippen LogP contribution in [0.1, 0.15) is 70.3 Å². The summed E-state index contributed by atoms with van der Waals surface area (Å²) in [5.74, 6) is -0.507. The van der Waals surface area contributed by atoms with Crippen LogP contribution in [-0.2, 0) is 4.74 Å². The maximum atomic E-state index is 13.0. The molecule has 2 aromatic heterocycles. The zero-order valence-corrected chi connectivity index (χ0v) is 19.6. The lowest BCUT2D eigenvalue weighted by Gasteiger charge is -2.24. The quantitative estimate of drug-likeness (QED) is 0.398. The van der Waals surface area contributed by atoms with E-state index in [-0.39, 0.29) is 18.0 Å². The van der Waals surface area contributed by atoms with Crippen molar-refractivity contribution in [1.29, 1.82) is 0 Å². The highest BCUT2D eigenvalue weighted by Crippen LogP contribution is 2.35. The fourth-order valence-electron chi connectivity index (χ4n) is 5.21. The summed E-state index contributed by atoms with van der Waals surface area (Å²) in [7, 11) is 0. The molecule has 35 heavy (non-hydrogen) atoms. The fraction of sp³-hybridized carbons (Fsp3) is 0.296. The molecule has 1 saturated heterocycles. The highest BCUT2D eigenvalue weighted by molar-refractivity contribution is 6.21. The summed E-state index contributed by atoms with van der Waals surface area (Å²) in [5.41, 5.74) is 5.28. The lowest BCUT2D eigenvalue weighted by Crippen LogP contribution is -2.32. The average molecular weight is 468 g/mol. The minimum atomic E-state index is -0.395. The Morgan fingerprint density at radius 3 is 2.49 bits per heavy atom. The molecule has 6 rings (SSSR count). The van der Waals surface area contributed by atoms with Gasteiger partial charge in [-0.15, -0.1) is 0 Å². The highest BCUT2D eigenvalue weighted by atomic mass is 16.5. The first-order valence-electron chi connectivity index (χ1n) is 11.9. The van der Waals surface area contributed by atoms with Gasteiger partial charge in [-0.25, -0.2) is 14.6 Å². The van der Waals surface area contributed by atoms with Crippen molar-refractivity contribution >= 4 is 22.8 Å². The van der Waals surface area contributed by atoms with E-state index in [1.807, 2.05) is 36.7 Å². The molecule has 4 heterocycles. The Balaban J connectivity index is 1.33. The van der Waals surface area contributed by atoms with E-state index < -0.39 is 6.04 Å². The molecule has 0 bridgehead atoms. The number of aryl methyl sites for hydroxylation is 1. The largest absolute Gasteiger partial charge is 0.356 e. The Kier molecular flexibility index (Phi) is 5.18. The maximum absolute atomic E-state index is 13.0. The third-order valence-corrected chi connectivity index (χ3v) is 7.03. The summed E-state index contributed by atoms with van der Waals surface area (Å²) < 4.78 is 7.76. The zero-order chi connectivity index (χ0) is 24.1. The van der Waals surface area contributed by atoms with Crippen LogP contribution in [0, 0.1) is 6.92 Å². The Morgan fingerprint density at radius 2 is 1.80 bits per heavy atom. The van der Waals surface area contributed by atoms with Gasteiger partial charge in [-0.2, -0.15) is 5.10 Å². The Labute approximate surface area is 202 Å². The van der Waals surface area contributed by atoms with E-state index >= 15 is 0 Å². The second-order valence-corrected chi connectivity index (χ2v) is 9.14.